The van der Waals surface area contributed by atoms with Crippen molar-refractivity contribution in [2.24, 2.45) is 5.41 Å². The average molecular weight is 358 g/mol. The van der Waals surface area contributed by atoms with Gasteiger partial charge in [0.05, 0.1) is 6.61 Å². The summed E-state index contributed by atoms with van der Waals surface area (Å²) in [4.78, 5) is 28.0. The van der Waals surface area contributed by atoms with Gasteiger partial charge in [-0.25, -0.2) is 0 Å². The highest BCUT2D eigenvalue weighted by Gasteiger charge is 2.40. The molecule has 0 aliphatic carbocycles. The zero-order valence-corrected chi connectivity index (χ0v) is 16.0. The maximum atomic E-state index is 12.1. The van der Waals surface area contributed by atoms with Gasteiger partial charge in [-0.3, -0.25) is 14.5 Å². The van der Waals surface area contributed by atoms with Crippen LogP contribution in [0.25, 0.3) is 0 Å². The second-order valence-corrected chi connectivity index (χ2v) is 7.84. The minimum absolute atomic E-state index is 0.112. The van der Waals surface area contributed by atoms with Gasteiger partial charge in [0.2, 0.25) is 5.91 Å². The van der Waals surface area contributed by atoms with Gasteiger partial charge in [-0.1, -0.05) is 24.3 Å². The van der Waals surface area contributed by atoms with Crippen molar-refractivity contribution in [2.45, 2.75) is 39.2 Å². The smallest absolute Gasteiger partial charge is 0.222 e. The van der Waals surface area contributed by atoms with Gasteiger partial charge in [0.15, 0.2) is 5.78 Å². The van der Waals surface area contributed by atoms with Crippen molar-refractivity contribution in [1.29, 1.82) is 0 Å². The molecule has 1 spiro atoms. The van der Waals surface area contributed by atoms with E-state index in [0.717, 1.165) is 51.0 Å². The minimum Gasteiger partial charge on any atom is -0.383 e. The van der Waals surface area contributed by atoms with E-state index < -0.39 is 0 Å². The summed E-state index contributed by atoms with van der Waals surface area (Å²) in [6, 6.07) is 7.97. The Balaban J connectivity index is 1.53. The number of likely N-dealkylation sites (tertiary alicyclic amines) is 2. The van der Waals surface area contributed by atoms with E-state index >= 15 is 0 Å². The van der Waals surface area contributed by atoms with Crippen LogP contribution in [-0.4, -0.2) is 61.4 Å². The highest BCUT2D eigenvalue weighted by Crippen LogP contribution is 2.40. The Morgan fingerprint density at radius 3 is 2.46 bits per heavy atom. The van der Waals surface area contributed by atoms with E-state index in [0.29, 0.717) is 19.6 Å². The predicted octanol–water partition coefficient (Wildman–Crippen LogP) is 2.74. The molecule has 2 fully saturated rings. The van der Waals surface area contributed by atoms with E-state index in [4.69, 9.17) is 4.74 Å². The van der Waals surface area contributed by atoms with Crippen molar-refractivity contribution in [3.63, 3.8) is 0 Å². The SMILES string of the molecule is COCCN1CC2(CCC1=O)CCN(Cc1ccc(C(C)=O)cc1)CC2. The molecule has 2 aliphatic rings. The highest BCUT2D eigenvalue weighted by molar-refractivity contribution is 5.94. The highest BCUT2D eigenvalue weighted by atomic mass is 16.5. The third-order valence-corrected chi connectivity index (χ3v) is 6.00. The van der Waals surface area contributed by atoms with Gasteiger partial charge in [0.1, 0.15) is 0 Å². The number of rotatable bonds is 6. The van der Waals surface area contributed by atoms with Gasteiger partial charge in [0, 0.05) is 38.7 Å². The van der Waals surface area contributed by atoms with Crippen LogP contribution in [0.15, 0.2) is 24.3 Å². The van der Waals surface area contributed by atoms with E-state index in [-0.39, 0.29) is 17.1 Å². The van der Waals surface area contributed by atoms with Crippen LogP contribution < -0.4 is 0 Å². The van der Waals surface area contributed by atoms with Crippen molar-refractivity contribution in [1.82, 2.24) is 9.80 Å². The second kappa shape index (κ2) is 8.31. The molecule has 142 valence electrons. The summed E-state index contributed by atoms with van der Waals surface area (Å²) in [5, 5.41) is 0. The Labute approximate surface area is 156 Å². The van der Waals surface area contributed by atoms with Crippen LogP contribution in [0.2, 0.25) is 0 Å². The van der Waals surface area contributed by atoms with E-state index in [9.17, 15) is 9.59 Å². The molecule has 5 nitrogen and oxygen atoms in total. The van der Waals surface area contributed by atoms with Gasteiger partial charge in [0.25, 0.3) is 0 Å². The lowest BCUT2D eigenvalue weighted by Gasteiger charge is -2.47. The molecule has 0 radical (unpaired) electrons. The molecule has 2 heterocycles. The van der Waals surface area contributed by atoms with Crippen molar-refractivity contribution < 1.29 is 14.3 Å². The largest absolute Gasteiger partial charge is 0.383 e. The Bertz CT molecular complexity index is 633. The van der Waals surface area contributed by atoms with Crippen LogP contribution in [0, 0.1) is 5.41 Å². The lowest BCUT2D eigenvalue weighted by atomic mass is 9.72. The zero-order chi connectivity index (χ0) is 18.6. The van der Waals surface area contributed by atoms with Crippen LogP contribution in [-0.2, 0) is 16.1 Å². The molecule has 26 heavy (non-hydrogen) atoms. The molecule has 3 rings (SSSR count). The number of carbonyl (C=O) groups is 2. The Hall–Kier alpha value is -1.72. The number of Topliss-reactive ketones (excluding diaryl/α,β-unsaturated/α-hetero) is 1. The van der Waals surface area contributed by atoms with E-state index in [2.05, 4.69) is 17.0 Å². The van der Waals surface area contributed by atoms with E-state index in [1.54, 1.807) is 14.0 Å². The number of amides is 1. The molecule has 0 aromatic heterocycles. The maximum absolute atomic E-state index is 12.1. The number of ether oxygens (including phenoxy) is 1. The van der Waals surface area contributed by atoms with Crippen LogP contribution in [0.1, 0.15) is 48.5 Å². The van der Waals surface area contributed by atoms with Gasteiger partial charge in [-0.05, 0) is 50.3 Å². The molecule has 5 heteroatoms. The average Bonchev–Trinajstić information content (AvgIpc) is 2.65. The van der Waals surface area contributed by atoms with Crippen molar-refractivity contribution in [2.75, 3.05) is 39.9 Å². The molecule has 2 aliphatic heterocycles. The summed E-state index contributed by atoms with van der Waals surface area (Å²) < 4.78 is 5.15. The standard InChI is InChI=1S/C21H30N2O3/c1-17(24)19-5-3-18(4-6-19)15-22-11-9-21(10-12-22)8-7-20(25)23(16-21)13-14-26-2/h3-6H,7-16H2,1-2H3. The van der Waals surface area contributed by atoms with Crippen molar-refractivity contribution in [3.8, 4) is 0 Å². The van der Waals surface area contributed by atoms with Crippen molar-refractivity contribution in [3.05, 3.63) is 35.4 Å². The molecule has 2 saturated heterocycles. The molecule has 0 atom stereocenters. The number of methoxy groups -OCH3 is 1. The molecular weight excluding hydrogens is 328 g/mol. The number of piperidine rings is 2. The monoisotopic (exact) mass is 358 g/mol. The predicted molar refractivity (Wildman–Crippen MR) is 101 cm³/mol. The normalized spacial score (nSPS) is 20.5. The summed E-state index contributed by atoms with van der Waals surface area (Å²) in [7, 11) is 1.69. The molecule has 0 N–H and O–H groups in total. The van der Waals surface area contributed by atoms with Crippen LogP contribution in [0.3, 0.4) is 0 Å². The lowest BCUT2D eigenvalue weighted by molar-refractivity contribution is -0.139. The first kappa shape index (κ1) is 19.1. The maximum Gasteiger partial charge on any atom is 0.222 e. The quantitative estimate of drug-likeness (QED) is 0.734. The first-order valence-electron chi connectivity index (χ1n) is 9.60. The third kappa shape index (κ3) is 4.51. The molecule has 1 aromatic rings. The van der Waals surface area contributed by atoms with Crippen LogP contribution >= 0.6 is 0 Å². The molecule has 1 aromatic carbocycles. The summed E-state index contributed by atoms with van der Waals surface area (Å²) in [6.07, 6.45) is 4.00. The third-order valence-electron chi connectivity index (χ3n) is 6.00. The van der Waals surface area contributed by atoms with Crippen LogP contribution in [0.4, 0.5) is 0 Å². The number of carbonyl (C=O) groups excluding carboxylic acids is 2. The fourth-order valence-corrected chi connectivity index (χ4v) is 4.20. The zero-order valence-electron chi connectivity index (χ0n) is 16.0. The first-order valence-corrected chi connectivity index (χ1v) is 9.60. The van der Waals surface area contributed by atoms with E-state index in [1.807, 2.05) is 17.0 Å². The van der Waals surface area contributed by atoms with Crippen molar-refractivity contribution >= 4 is 11.7 Å². The Kier molecular flexibility index (Phi) is 6.09. The fraction of sp³-hybridized carbons (Fsp3) is 0.619. The van der Waals surface area contributed by atoms with Gasteiger partial charge in [-0.2, -0.15) is 0 Å². The number of ketones is 1. The number of benzene rings is 1. The Morgan fingerprint density at radius 1 is 1.15 bits per heavy atom. The Morgan fingerprint density at radius 2 is 1.85 bits per heavy atom. The van der Waals surface area contributed by atoms with Crippen LogP contribution in [0.5, 0.6) is 0 Å². The molecule has 1 amide bonds. The molecular formula is C21H30N2O3. The van der Waals surface area contributed by atoms with E-state index in [1.165, 1.54) is 5.56 Å². The summed E-state index contributed by atoms with van der Waals surface area (Å²) in [5.41, 5.74) is 2.32. The molecule has 0 bridgehead atoms. The van der Waals surface area contributed by atoms with Gasteiger partial charge < -0.3 is 9.64 Å². The lowest BCUT2D eigenvalue weighted by Crippen LogP contribution is -2.52. The summed E-state index contributed by atoms with van der Waals surface area (Å²) >= 11 is 0. The fourth-order valence-electron chi connectivity index (χ4n) is 4.20. The van der Waals surface area contributed by atoms with Gasteiger partial charge in [-0.15, -0.1) is 0 Å². The minimum atomic E-state index is 0.112. The summed E-state index contributed by atoms with van der Waals surface area (Å²) in [5.74, 6) is 0.391. The molecule has 0 saturated carbocycles. The number of hydrogen-bond donors (Lipinski definition) is 0. The molecule has 0 unspecified atom stereocenters. The topological polar surface area (TPSA) is 49.9 Å². The first-order chi connectivity index (χ1) is 12.5. The second-order valence-electron chi connectivity index (χ2n) is 7.84. The number of nitrogens with zero attached hydrogens (tertiary/aromatic N) is 2. The van der Waals surface area contributed by atoms with Gasteiger partial charge >= 0.3 is 0 Å². The summed E-state index contributed by atoms with van der Waals surface area (Å²) in [6.45, 7) is 6.88. The number of hydrogen-bond acceptors (Lipinski definition) is 4.